The SMILES string of the molecule is C=C(C)C[C@@H](C(=O)NC(C)(C)C)C1(C(N)=O)CCC1. The highest BCUT2D eigenvalue weighted by Crippen LogP contribution is 2.49. The molecule has 0 aromatic rings. The van der Waals surface area contributed by atoms with Crippen LogP contribution in [0.5, 0.6) is 0 Å². The number of hydrogen-bond acceptors (Lipinski definition) is 2. The maximum Gasteiger partial charge on any atom is 0.224 e. The normalized spacial score (nSPS) is 19.2. The highest BCUT2D eigenvalue weighted by molar-refractivity contribution is 5.91. The summed E-state index contributed by atoms with van der Waals surface area (Å²) in [4.78, 5) is 24.3. The molecule has 1 rings (SSSR count). The quantitative estimate of drug-likeness (QED) is 0.748. The molecule has 0 unspecified atom stereocenters. The number of rotatable bonds is 5. The van der Waals surface area contributed by atoms with Crippen molar-refractivity contribution >= 4 is 11.8 Å². The molecule has 1 aliphatic carbocycles. The Morgan fingerprint density at radius 2 is 1.89 bits per heavy atom. The van der Waals surface area contributed by atoms with E-state index in [0.717, 1.165) is 12.0 Å². The van der Waals surface area contributed by atoms with Crippen molar-refractivity contribution in [3.05, 3.63) is 12.2 Å². The van der Waals surface area contributed by atoms with Gasteiger partial charge in [0.15, 0.2) is 0 Å². The number of nitrogens with two attached hydrogens (primary N) is 1. The van der Waals surface area contributed by atoms with E-state index in [1.165, 1.54) is 0 Å². The summed E-state index contributed by atoms with van der Waals surface area (Å²) in [6, 6.07) is 0. The second kappa shape index (κ2) is 5.35. The van der Waals surface area contributed by atoms with Gasteiger partial charge in [-0.3, -0.25) is 9.59 Å². The molecule has 0 bridgehead atoms. The van der Waals surface area contributed by atoms with E-state index < -0.39 is 11.3 Å². The average molecular weight is 266 g/mol. The summed E-state index contributed by atoms with van der Waals surface area (Å²) in [5.74, 6) is -0.835. The van der Waals surface area contributed by atoms with Gasteiger partial charge >= 0.3 is 0 Å². The highest BCUT2D eigenvalue weighted by atomic mass is 16.2. The number of carbonyl (C=O) groups excluding carboxylic acids is 2. The number of allylic oxidation sites excluding steroid dienone is 1. The largest absolute Gasteiger partial charge is 0.369 e. The van der Waals surface area contributed by atoms with Crippen LogP contribution < -0.4 is 11.1 Å². The first-order chi connectivity index (χ1) is 8.58. The number of carbonyl (C=O) groups is 2. The van der Waals surface area contributed by atoms with Crippen LogP contribution in [0.1, 0.15) is 53.4 Å². The van der Waals surface area contributed by atoms with Crippen LogP contribution in [0.3, 0.4) is 0 Å². The summed E-state index contributed by atoms with van der Waals surface area (Å²) in [5.41, 5.74) is 5.48. The van der Waals surface area contributed by atoms with Gasteiger partial charge in [-0.25, -0.2) is 0 Å². The second-order valence-electron chi connectivity index (χ2n) is 6.83. The molecule has 0 aromatic carbocycles. The summed E-state index contributed by atoms with van der Waals surface area (Å²) in [6.07, 6.45) is 2.89. The van der Waals surface area contributed by atoms with Crippen molar-refractivity contribution in [2.24, 2.45) is 17.1 Å². The number of nitrogens with one attached hydrogen (secondary N) is 1. The third-order valence-corrected chi connectivity index (χ3v) is 3.77. The zero-order chi connectivity index (χ0) is 14.8. The topological polar surface area (TPSA) is 72.2 Å². The van der Waals surface area contributed by atoms with Gasteiger partial charge in [-0.05, 0) is 47.0 Å². The van der Waals surface area contributed by atoms with E-state index in [-0.39, 0.29) is 17.4 Å². The molecule has 3 N–H and O–H groups in total. The van der Waals surface area contributed by atoms with Crippen LogP contribution in [0.2, 0.25) is 0 Å². The standard InChI is InChI=1S/C15H26N2O2/c1-10(2)9-11(12(18)17-14(3,4)5)15(13(16)19)7-6-8-15/h11H,1,6-9H2,2-5H3,(H2,16,19)(H,17,18)/t11-/m0/s1. The van der Waals surface area contributed by atoms with Crippen LogP contribution in [-0.2, 0) is 9.59 Å². The summed E-state index contributed by atoms with van der Waals surface area (Å²) in [5, 5.41) is 2.97. The maximum absolute atomic E-state index is 12.5. The number of primary amides is 1. The molecule has 4 heteroatoms. The van der Waals surface area contributed by atoms with Crippen LogP contribution >= 0.6 is 0 Å². The summed E-state index contributed by atoms with van der Waals surface area (Å²) >= 11 is 0. The Kier molecular flexibility index (Phi) is 4.43. The van der Waals surface area contributed by atoms with Crippen molar-refractivity contribution < 1.29 is 9.59 Å². The first-order valence-electron chi connectivity index (χ1n) is 6.85. The predicted octanol–water partition coefficient (Wildman–Crippen LogP) is 2.14. The Morgan fingerprint density at radius 3 is 2.16 bits per heavy atom. The molecule has 19 heavy (non-hydrogen) atoms. The van der Waals surface area contributed by atoms with Crippen molar-refractivity contribution in [1.82, 2.24) is 5.32 Å². The molecule has 0 aromatic heterocycles. The molecule has 0 aliphatic heterocycles. The van der Waals surface area contributed by atoms with Gasteiger partial charge < -0.3 is 11.1 Å². The molecular formula is C15H26N2O2. The lowest BCUT2D eigenvalue weighted by Crippen LogP contribution is -2.55. The second-order valence-corrected chi connectivity index (χ2v) is 6.83. The van der Waals surface area contributed by atoms with E-state index in [1.807, 2.05) is 27.7 Å². The van der Waals surface area contributed by atoms with Crippen molar-refractivity contribution in [2.45, 2.75) is 58.9 Å². The molecule has 1 saturated carbocycles. The summed E-state index contributed by atoms with van der Waals surface area (Å²) in [6.45, 7) is 11.5. The number of amides is 2. The summed E-state index contributed by atoms with van der Waals surface area (Å²) < 4.78 is 0. The molecule has 0 spiro atoms. The Balaban J connectivity index is 2.98. The van der Waals surface area contributed by atoms with Crippen molar-refractivity contribution in [3.63, 3.8) is 0 Å². The van der Waals surface area contributed by atoms with Gasteiger partial charge in [-0.15, -0.1) is 6.58 Å². The lowest BCUT2D eigenvalue weighted by atomic mass is 9.59. The minimum absolute atomic E-state index is 0.0889. The van der Waals surface area contributed by atoms with Gasteiger partial charge in [0.2, 0.25) is 11.8 Å². The average Bonchev–Trinajstić information content (AvgIpc) is 2.09. The lowest BCUT2D eigenvalue weighted by molar-refractivity contribution is -0.147. The van der Waals surface area contributed by atoms with Crippen LogP contribution in [0.15, 0.2) is 12.2 Å². The van der Waals surface area contributed by atoms with Crippen molar-refractivity contribution in [3.8, 4) is 0 Å². The van der Waals surface area contributed by atoms with Gasteiger partial charge in [-0.2, -0.15) is 0 Å². The molecule has 0 heterocycles. The van der Waals surface area contributed by atoms with Gasteiger partial charge in [0, 0.05) is 5.54 Å². The van der Waals surface area contributed by atoms with Crippen LogP contribution in [0.4, 0.5) is 0 Å². The highest BCUT2D eigenvalue weighted by Gasteiger charge is 2.52. The van der Waals surface area contributed by atoms with E-state index in [2.05, 4.69) is 11.9 Å². The fraction of sp³-hybridized carbons (Fsp3) is 0.733. The first kappa shape index (κ1) is 15.7. The van der Waals surface area contributed by atoms with E-state index in [0.29, 0.717) is 19.3 Å². The molecule has 0 saturated heterocycles. The zero-order valence-corrected chi connectivity index (χ0v) is 12.5. The van der Waals surface area contributed by atoms with Crippen LogP contribution in [-0.4, -0.2) is 17.4 Å². The van der Waals surface area contributed by atoms with E-state index in [9.17, 15) is 9.59 Å². The van der Waals surface area contributed by atoms with Gasteiger partial charge in [-0.1, -0.05) is 12.0 Å². The minimum atomic E-state index is -0.672. The molecule has 4 nitrogen and oxygen atoms in total. The monoisotopic (exact) mass is 266 g/mol. The Labute approximate surface area is 115 Å². The van der Waals surface area contributed by atoms with E-state index in [4.69, 9.17) is 5.73 Å². The summed E-state index contributed by atoms with van der Waals surface area (Å²) in [7, 11) is 0. The lowest BCUT2D eigenvalue weighted by Gasteiger charge is -2.45. The third kappa shape index (κ3) is 3.58. The molecule has 1 aliphatic rings. The van der Waals surface area contributed by atoms with Crippen LogP contribution in [0, 0.1) is 11.3 Å². The Hall–Kier alpha value is -1.32. The van der Waals surface area contributed by atoms with Crippen molar-refractivity contribution in [1.29, 1.82) is 0 Å². The predicted molar refractivity (Wildman–Crippen MR) is 76.3 cm³/mol. The first-order valence-corrected chi connectivity index (χ1v) is 6.85. The molecular weight excluding hydrogens is 240 g/mol. The molecule has 1 fully saturated rings. The van der Waals surface area contributed by atoms with Crippen molar-refractivity contribution in [2.75, 3.05) is 0 Å². The third-order valence-electron chi connectivity index (χ3n) is 3.77. The fourth-order valence-corrected chi connectivity index (χ4v) is 2.67. The number of hydrogen-bond donors (Lipinski definition) is 2. The molecule has 108 valence electrons. The van der Waals surface area contributed by atoms with Gasteiger partial charge in [0.05, 0.1) is 11.3 Å². The molecule has 2 amide bonds. The Bertz CT molecular complexity index is 389. The zero-order valence-electron chi connectivity index (χ0n) is 12.5. The Morgan fingerprint density at radius 1 is 1.37 bits per heavy atom. The van der Waals surface area contributed by atoms with Crippen LogP contribution in [0.25, 0.3) is 0 Å². The fourth-order valence-electron chi connectivity index (χ4n) is 2.67. The van der Waals surface area contributed by atoms with E-state index >= 15 is 0 Å². The minimum Gasteiger partial charge on any atom is -0.369 e. The van der Waals surface area contributed by atoms with E-state index in [1.54, 1.807) is 0 Å². The smallest absolute Gasteiger partial charge is 0.224 e. The maximum atomic E-state index is 12.5. The molecule has 0 radical (unpaired) electrons. The molecule has 1 atom stereocenters. The van der Waals surface area contributed by atoms with Gasteiger partial charge in [0.1, 0.15) is 0 Å². The van der Waals surface area contributed by atoms with Gasteiger partial charge in [0.25, 0.3) is 0 Å².